The number of aliphatic carboxylic acids is 1. The lowest BCUT2D eigenvalue weighted by Crippen LogP contribution is -1.98. The summed E-state index contributed by atoms with van der Waals surface area (Å²) in [4.78, 5) is 10.7. The van der Waals surface area contributed by atoms with Gasteiger partial charge in [0.05, 0.1) is 0 Å². The van der Waals surface area contributed by atoms with Gasteiger partial charge in [0, 0.05) is 5.57 Å². The molecule has 98 valence electrons. The van der Waals surface area contributed by atoms with Crippen LogP contribution in [0.15, 0.2) is 23.3 Å². The summed E-state index contributed by atoms with van der Waals surface area (Å²) in [6, 6.07) is 0. The monoisotopic (exact) mass is 238 g/mol. The van der Waals surface area contributed by atoms with Crippen LogP contribution in [-0.2, 0) is 4.79 Å². The molecule has 0 aliphatic rings. The summed E-state index contributed by atoms with van der Waals surface area (Å²) >= 11 is 0. The molecule has 2 nitrogen and oxygen atoms in total. The fourth-order valence-electron chi connectivity index (χ4n) is 1.63. The number of hydrogen-bond acceptors (Lipinski definition) is 1. The second kappa shape index (κ2) is 9.03. The summed E-state index contributed by atoms with van der Waals surface area (Å²) < 4.78 is 0. The third kappa shape index (κ3) is 7.78. The number of hydrogen-bond donors (Lipinski definition) is 1. The van der Waals surface area contributed by atoms with Gasteiger partial charge in [0.25, 0.3) is 0 Å². The van der Waals surface area contributed by atoms with Crippen LogP contribution in [0.25, 0.3) is 0 Å². The van der Waals surface area contributed by atoms with E-state index >= 15 is 0 Å². The first-order valence-electron chi connectivity index (χ1n) is 6.56. The van der Waals surface area contributed by atoms with E-state index in [0.717, 1.165) is 12.0 Å². The Morgan fingerprint density at radius 2 is 1.94 bits per heavy atom. The van der Waals surface area contributed by atoms with Gasteiger partial charge in [-0.05, 0) is 31.8 Å². The van der Waals surface area contributed by atoms with Crippen LogP contribution < -0.4 is 0 Å². The smallest absolute Gasteiger partial charge is 0.331 e. The van der Waals surface area contributed by atoms with E-state index in [2.05, 4.69) is 19.9 Å². The first-order valence-corrected chi connectivity index (χ1v) is 6.56. The molecule has 0 aromatic rings. The zero-order valence-electron chi connectivity index (χ0n) is 11.6. The Balaban J connectivity index is 4.02. The summed E-state index contributed by atoms with van der Waals surface area (Å²) in [6.45, 7) is 7.96. The molecule has 0 spiro atoms. The third-order valence-corrected chi connectivity index (χ3v) is 3.12. The second-order valence-electron chi connectivity index (χ2n) is 4.85. The molecule has 0 aliphatic heterocycles. The highest BCUT2D eigenvalue weighted by atomic mass is 16.4. The topological polar surface area (TPSA) is 37.3 Å². The van der Waals surface area contributed by atoms with Gasteiger partial charge in [0.2, 0.25) is 0 Å². The van der Waals surface area contributed by atoms with Crippen molar-refractivity contribution < 1.29 is 9.90 Å². The van der Waals surface area contributed by atoms with Crippen LogP contribution >= 0.6 is 0 Å². The van der Waals surface area contributed by atoms with Crippen molar-refractivity contribution in [1.82, 2.24) is 0 Å². The molecule has 0 heterocycles. The van der Waals surface area contributed by atoms with Crippen LogP contribution in [0.5, 0.6) is 0 Å². The number of carboxylic acids is 1. The third-order valence-electron chi connectivity index (χ3n) is 3.12. The average Bonchev–Trinajstić information content (AvgIpc) is 2.28. The SMILES string of the molecule is CCCCC[C@H](C)C/C=C/C(C)=C(\C)C(=O)O. The van der Waals surface area contributed by atoms with Gasteiger partial charge in [0.1, 0.15) is 0 Å². The number of carboxylic acid groups (broad SMARTS) is 1. The zero-order valence-corrected chi connectivity index (χ0v) is 11.6. The van der Waals surface area contributed by atoms with E-state index in [1.807, 2.05) is 13.0 Å². The molecule has 0 aliphatic carbocycles. The lowest BCUT2D eigenvalue weighted by molar-refractivity contribution is -0.132. The zero-order chi connectivity index (χ0) is 13.3. The molecule has 1 N–H and O–H groups in total. The highest BCUT2D eigenvalue weighted by molar-refractivity contribution is 5.87. The normalized spacial score (nSPS) is 14.8. The van der Waals surface area contributed by atoms with E-state index in [0.29, 0.717) is 11.5 Å². The molecule has 0 saturated heterocycles. The first-order chi connectivity index (χ1) is 7.99. The van der Waals surface area contributed by atoms with Crippen LogP contribution in [0.4, 0.5) is 0 Å². The molecular weight excluding hydrogens is 212 g/mol. The van der Waals surface area contributed by atoms with Gasteiger partial charge < -0.3 is 5.11 Å². The molecule has 0 aromatic carbocycles. The van der Waals surface area contributed by atoms with Gasteiger partial charge in [-0.15, -0.1) is 0 Å². The maximum absolute atomic E-state index is 10.7. The van der Waals surface area contributed by atoms with Gasteiger partial charge in [-0.2, -0.15) is 0 Å². The predicted octanol–water partition coefficient (Wildman–Crippen LogP) is 4.57. The van der Waals surface area contributed by atoms with Crippen LogP contribution in [0.3, 0.4) is 0 Å². The predicted molar refractivity (Wildman–Crippen MR) is 73.1 cm³/mol. The minimum absolute atomic E-state index is 0.430. The van der Waals surface area contributed by atoms with Crippen LogP contribution in [-0.4, -0.2) is 11.1 Å². The van der Waals surface area contributed by atoms with Crippen molar-refractivity contribution in [1.29, 1.82) is 0 Å². The number of allylic oxidation sites excluding steroid dienone is 3. The number of carbonyl (C=O) groups is 1. The molecule has 0 aromatic heterocycles. The summed E-state index contributed by atoms with van der Waals surface area (Å²) in [6.07, 6.45) is 10.2. The van der Waals surface area contributed by atoms with Gasteiger partial charge in [-0.3, -0.25) is 0 Å². The van der Waals surface area contributed by atoms with Crippen molar-refractivity contribution in [3.8, 4) is 0 Å². The minimum Gasteiger partial charge on any atom is -0.478 e. The molecule has 0 rings (SSSR count). The molecule has 0 radical (unpaired) electrons. The lowest BCUT2D eigenvalue weighted by atomic mass is 9.99. The average molecular weight is 238 g/mol. The van der Waals surface area contributed by atoms with Crippen molar-refractivity contribution in [3.63, 3.8) is 0 Å². The Kier molecular flexibility index (Phi) is 8.47. The minimum atomic E-state index is -0.830. The summed E-state index contributed by atoms with van der Waals surface area (Å²) in [7, 11) is 0. The Labute approximate surface area is 105 Å². The second-order valence-corrected chi connectivity index (χ2v) is 4.85. The van der Waals surface area contributed by atoms with Crippen LogP contribution in [0.1, 0.15) is 59.8 Å². The molecular formula is C15H26O2. The summed E-state index contributed by atoms with van der Waals surface area (Å²) in [5, 5.41) is 8.81. The van der Waals surface area contributed by atoms with E-state index in [1.165, 1.54) is 25.7 Å². The Hall–Kier alpha value is -1.05. The van der Waals surface area contributed by atoms with Crippen molar-refractivity contribution in [2.45, 2.75) is 59.8 Å². The van der Waals surface area contributed by atoms with Crippen molar-refractivity contribution >= 4 is 5.97 Å². The quantitative estimate of drug-likeness (QED) is 0.382. The lowest BCUT2D eigenvalue weighted by Gasteiger charge is -2.07. The number of rotatable bonds is 8. The van der Waals surface area contributed by atoms with E-state index in [-0.39, 0.29) is 0 Å². The highest BCUT2D eigenvalue weighted by Crippen LogP contribution is 2.14. The van der Waals surface area contributed by atoms with Gasteiger partial charge in [-0.1, -0.05) is 51.7 Å². The fourth-order valence-corrected chi connectivity index (χ4v) is 1.63. The maximum atomic E-state index is 10.7. The molecule has 2 heteroatoms. The Morgan fingerprint density at radius 1 is 1.29 bits per heavy atom. The van der Waals surface area contributed by atoms with E-state index in [4.69, 9.17) is 5.11 Å². The van der Waals surface area contributed by atoms with Crippen molar-refractivity contribution in [3.05, 3.63) is 23.3 Å². The molecule has 0 saturated carbocycles. The van der Waals surface area contributed by atoms with Gasteiger partial charge in [0.15, 0.2) is 0 Å². The Morgan fingerprint density at radius 3 is 2.47 bits per heavy atom. The van der Waals surface area contributed by atoms with Gasteiger partial charge in [-0.25, -0.2) is 4.79 Å². The molecule has 0 bridgehead atoms. The number of unbranched alkanes of at least 4 members (excludes halogenated alkanes) is 2. The van der Waals surface area contributed by atoms with E-state index in [1.54, 1.807) is 6.92 Å². The van der Waals surface area contributed by atoms with Crippen LogP contribution in [0.2, 0.25) is 0 Å². The highest BCUT2D eigenvalue weighted by Gasteiger charge is 2.02. The Bertz CT molecular complexity index is 287. The molecule has 0 fully saturated rings. The maximum Gasteiger partial charge on any atom is 0.331 e. The van der Waals surface area contributed by atoms with Crippen molar-refractivity contribution in [2.24, 2.45) is 5.92 Å². The fraction of sp³-hybridized carbons (Fsp3) is 0.667. The first kappa shape index (κ1) is 16.0. The summed E-state index contributed by atoms with van der Waals surface area (Å²) in [5.41, 5.74) is 1.28. The molecule has 1 atom stereocenters. The summed E-state index contributed by atoms with van der Waals surface area (Å²) in [5.74, 6) is -0.140. The van der Waals surface area contributed by atoms with Crippen molar-refractivity contribution in [2.75, 3.05) is 0 Å². The standard InChI is InChI=1S/C15H26O2/c1-5-6-7-9-12(2)10-8-11-13(3)14(4)15(16)17/h8,11-12H,5-7,9-10H2,1-4H3,(H,16,17)/b11-8+,14-13+/t12-/m0/s1. The van der Waals surface area contributed by atoms with E-state index in [9.17, 15) is 4.79 Å². The van der Waals surface area contributed by atoms with Gasteiger partial charge >= 0.3 is 5.97 Å². The largest absolute Gasteiger partial charge is 0.478 e. The van der Waals surface area contributed by atoms with E-state index < -0.39 is 5.97 Å². The molecule has 0 amide bonds. The van der Waals surface area contributed by atoms with Crippen LogP contribution in [0, 0.1) is 5.92 Å². The molecule has 0 unspecified atom stereocenters. The molecule has 17 heavy (non-hydrogen) atoms.